The molecule has 0 aliphatic rings. The number of nitrogen functional groups attached to an aromatic ring is 1. The molecule has 0 unspecified atom stereocenters. The number of nitrogens with two attached hydrogens (primary N) is 1. The van der Waals surface area contributed by atoms with Crippen LogP contribution in [0.25, 0.3) is 10.9 Å². The molecular formula is C18H20N2O. The number of hydrogen-bond donors (Lipinski definition) is 1. The molecule has 2 N–H and O–H groups in total. The zero-order chi connectivity index (χ0) is 14.7. The molecule has 3 aromatic rings. The summed E-state index contributed by atoms with van der Waals surface area (Å²) in [6.45, 7) is 3.68. The van der Waals surface area contributed by atoms with E-state index in [9.17, 15) is 0 Å². The van der Waals surface area contributed by atoms with E-state index in [1.54, 1.807) is 0 Å². The Bertz CT molecular complexity index is 746. The van der Waals surface area contributed by atoms with E-state index in [2.05, 4.69) is 35.9 Å². The van der Waals surface area contributed by atoms with Crippen LogP contribution in [0.5, 0.6) is 5.75 Å². The van der Waals surface area contributed by atoms with E-state index < -0.39 is 0 Å². The fourth-order valence-electron chi connectivity index (χ4n) is 2.56. The highest BCUT2D eigenvalue weighted by Crippen LogP contribution is 2.27. The summed E-state index contributed by atoms with van der Waals surface area (Å²) in [5.74, 6) is 0.959. The second-order valence-electron chi connectivity index (χ2n) is 5.23. The molecule has 0 bridgehead atoms. The van der Waals surface area contributed by atoms with Crippen molar-refractivity contribution in [2.75, 3.05) is 12.3 Å². The van der Waals surface area contributed by atoms with E-state index in [1.165, 1.54) is 11.1 Å². The molecule has 3 nitrogen and oxygen atoms in total. The summed E-state index contributed by atoms with van der Waals surface area (Å²) in [5, 5.41) is 1.16. The van der Waals surface area contributed by atoms with E-state index >= 15 is 0 Å². The van der Waals surface area contributed by atoms with Crippen LogP contribution in [0.15, 0.2) is 54.7 Å². The Morgan fingerprint density at radius 1 is 1.10 bits per heavy atom. The Hall–Kier alpha value is -2.42. The molecule has 0 atom stereocenters. The minimum atomic E-state index is 0.750. The van der Waals surface area contributed by atoms with Gasteiger partial charge in [-0.3, -0.25) is 0 Å². The molecule has 0 aliphatic carbocycles. The van der Waals surface area contributed by atoms with Gasteiger partial charge in [-0.15, -0.1) is 0 Å². The normalized spacial score (nSPS) is 10.9. The van der Waals surface area contributed by atoms with Crippen molar-refractivity contribution in [3.63, 3.8) is 0 Å². The maximum absolute atomic E-state index is 5.85. The third-order valence-electron chi connectivity index (χ3n) is 3.54. The van der Waals surface area contributed by atoms with Gasteiger partial charge in [-0.2, -0.15) is 0 Å². The summed E-state index contributed by atoms with van der Waals surface area (Å²) in [6, 6.07) is 16.3. The molecule has 1 heterocycles. The molecule has 3 rings (SSSR count). The van der Waals surface area contributed by atoms with Crippen LogP contribution in [0.1, 0.15) is 18.9 Å². The minimum absolute atomic E-state index is 0.750. The van der Waals surface area contributed by atoms with E-state index in [-0.39, 0.29) is 0 Å². The second-order valence-corrected chi connectivity index (χ2v) is 5.23. The van der Waals surface area contributed by atoms with Crippen LogP contribution >= 0.6 is 0 Å². The molecule has 0 fully saturated rings. The van der Waals surface area contributed by atoms with Gasteiger partial charge in [-0.05, 0) is 42.3 Å². The van der Waals surface area contributed by atoms with Crippen LogP contribution in [0.2, 0.25) is 0 Å². The molecule has 0 amide bonds. The highest BCUT2D eigenvalue weighted by Gasteiger charge is 2.07. The minimum Gasteiger partial charge on any atom is -0.493 e. The van der Waals surface area contributed by atoms with Crippen molar-refractivity contribution in [1.29, 1.82) is 0 Å². The molecular weight excluding hydrogens is 260 g/mol. The van der Waals surface area contributed by atoms with E-state index in [1.807, 2.05) is 30.3 Å². The maximum atomic E-state index is 5.85. The standard InChI is InChI=1S/C18H20N2O/c1-2-11-21-18-8-4-7-17-16(18)9-10-20(17)13-14-5-3-6-15(19)12-14/h3-10,12H,2,11,13,19H2,1H3. The van der Waals surface area contributed by atoms with E-state index in [0.29, 0.717) is 0 Å². The lowest BCUT2D eigenvalue weighted by atomic mass is 10.2. The number of anilines is 1. The smallest absolute Gasteiger partial charge is 0.128 e. The summed E-state index contributed by atoms with van der Waals surface area (Å²) in [6.07, 6.45) is 3.12. The average molecular weight is 280 g/mol. The Balaban J connectivity index is 1.93. The van der Waals surface area contributed by atoms with Crippen molar-refractivity contribution >= 4 is 16.6 Å². The first-order valence-electron chi connectivity index (χ1n) is 7.33. The van der Waals surface area contributed by atoms with Crippen molar-refractivity contribution in [3.05, 3.63) is 60.3 Å². The Morgan fingerprint density at radius 2 is 1.95 bits per heavy atom. The van der Waals surface area contributed by atoms with Gasteiger partial charge in [0, 0.05) is 23.8 Å². The number of rotatable bonds is 5. The quantitative estimate of drug-likeness (QED) is 0.716. The molecule has 108 valence electrons. The van der Waals surface area contributed by atoms with Crippen LogP contribution in [0.4, 0.5) is 5.69 Å². The predicted molar refractivity (Wildman–Crippen MR) is 87.7 cm³/mol. The number of benzene rings is 2. The molecule has 3 heteroatoms. The number of ether oxygens (including phenoxy) is 1. The molecule has 0 spiro atoms. The largest absolute Gasteiger partial charge is 0.493 e. The number of hydrogen-bond acceptors (Lipinski definition) is 2. The van der Waals surface area contributed by atoms with E-state index in [4.69, 9.17) is 10.5 Å². The van der Waals surface area contributed by atoms with Gasteiger partial charge in [-0.1, -0.05) is 25.1 Å². The summed E-state index contributed by atoms with van der Waals surface area (Å²) >= 11 is 0. The maximum Gasteiger partial charge on any atom is 0.128 e. The highest BCUT2D eigenvalue weighted by molar-refractivity contribution is 5.86. The fraction of sp³-hybridized carbons (Fsp3) is 0.222. The summed E-state index contributed by atoms with van der Waals surface area (Å²) in [7, 11) is 0. The Labute approximate surface area is 125 Å². The molecule has 0 radical (unpaired) electrons. The Kier molecular flexibility index (Phi) is 3.82. The van der Waals surface area contributed by atoms with Crippen molar-refractivity contribution in [2.24, 2.45) is 0 Å². The lowest BCUT2D eigenvalue weighted by molar-refractivity contribution is 0.321. The molecule has 1 aromatic heterocycles. The first-order valence-corrected chi connectivity index (χ1v) is 7.33. The number of nitrogens with zero attached hydrogens (tertiary/aromatic N) is 1. The zero-order valence-electron chi connectivity index (χ0n) is 12.3. The van der Waals surface area contributed by atoms with Crippen LogP contribution in [0, 0.1) is 0 Å². The summed E-state index contributed by atoms with van der Waals surface area (Å²) < 4.78 is 8.04. The van der Waals surface area contributed by atoms with Gasteiger partial charge in [0.05, 0.1) is 12.1 Å². The second kappa shape index (κ2) is 5.92. The van der Waals surface area contributed by atoms with Crippen molar-refractivity contribution in [1.82, 2.24) is 4.57 Å². The van der Waals surface area contributed by atoms with Gasteiger partial charge in [0.25, 0.3) is 0 Å². The fourth-order valence-corrected chi connectivity index (χ4v) is 2.56. The average Bonchev–Trinajstić information content (AvgIpc) is 2.89. The SMILES string of the molecule is CCCOc1cccc2c1ccn2Cc1cccc(N)c1. The molecule has 0 aliphatic heterocycles. The van der Waals surface area contributed by atoms with Crippen molar-refractivity contribution in [3.8, 4) is 5.75 Å². The molecule has 0 saturated heterocycles. The molecule has 21 heavy (non-hydrogen) atoms. The van der Waals surface area contributed by atoms with Gasteiger partial charge < -0.3 is 15.0 Å². The highest BCUT2D eigenvalue weighted by atomic mass is 16.5. The number of fused-ring (bicyclic) bond motifs is 1. The van der Waals surface area contributed by atoms with Gasteiger partial charge >= 0.3 is 0 Å². The lowest BCUT2D eigenvalue weighted by Crippen LogP contribution is -1.99. The van der Waals surface area contributed by atoms with Crippen molar-refractivity contribution < 1.29 is 4.74 Å². The molecule has 2 aromatic carbocycles. The monoisotopic (exact) mass is 280 g/mol. The molecule has 0 saturated carbocycles. The number of aromatic nitrogens is 1. The van der Waals surface area contributed by atoms with Crippen LogP contribution in [-0.2, 0) is 6.54 Å². The lowest BCUT2D eigenvalue weighted by Gasteiger charge is -2.09. The predicted octanol–water partition coefficient (Wildman–Crippen LogP) is 4.06. The zero-order valence-corrected chi connectivity index (χ0v) is 12.3. The van der Waals surface area contributed by atoms with Crippen LogP contribution in [0.3, 0.4) is 0 Å². The van der Waals surface area contributed by atoms with Gasteiger partial charge in [-0.25, -0.2) is 0 Å². The van der Waals surface area contributed by atoms with Crippen molar-refractivity contribution in [2.45, 2.75) is 19.9 Å². The Morgan fingerprint density at radius 3 is 2.76 bits per heavy atom. The summed E-state index contributed by atoms with van der Waals surface area (Å²) in [5.41, 5.74) is 9.04. The van der Waals surface area contributed by atoms with Crippen LogP contribution in [-0.4, -0.2) is 11.2 Å². The summed E-state index contributed by atoms with van der Waals surface area (Å²) in [4.78, 5) is 0. The third kappa shape index (κ3) is 2.87. The van der Waals surface area contributed by atoms with Crippen LogP contribution < -0.4 is 10.5 Å². The first kappa shape index (κ1) is 13.6. The topological polar surface area (TPSA) is 40.2 Å². The van der Waals surface area contributed by atoms with E-state index in [0.717, 1.165) is 36.4 Å². The first-order chi connectivity index (χ1) is 10.3. The van der Waals surface area contributed by atoms with Gasteiger partial charge in [0.15, 0.2) is 0 Å². The van der Waals surface area contributed by atoms with Gasteiger partial charge in [0.1, 0.15) is 5.75 Å². The van der Waals surface area contributed by atoms with Gasteiger partial charge in [0.2, 0.25) is 0 Å². The third-order valence-corrected chi connectivity index (χ3v) is 3.54.